The number of nitrogens with one attached hydrogen (secondary N) is 1. The normalized spacial score (nSPS) is 12.8. The van der Waals surface area contributed by atoms with Crippen molar-refractivity contribution in [2.75, 3.05) is 5.32 Å². The number of ether oxygens (including phenoxy) is 1. The van der Waals surface area contributed by atoms with E-state index in [1.54, 1.807) is 43.3 Å². The van der Waals surface area contributed by atoms with Gasteiger partial charge in [-0.1, -0.05) is 38.1 Å². The Morgan fingerprint density at radius 2 is 1.71 bits per heavy atom. The van der Waals surface area contributed by atoms with Crippen molar-refractivity contribution in [3.63, 3.8) is 0 Å². The number of rotatable bonds is 10. The molecule has 2 aromatic heterocycles. The van der Waals surface area contributed by atoms with Gasteiger partial charge in [0.05, 0.1) is 29.3 Å². The smallest absolute Gasteiger partial charge is 0.227 e. The number of anilines is 1. The highest BCUT2D eigenvalue weighted by molar-refractivity contribution is 6.35. The van der Waals surface area contributed by atoms with Crippen molar-refractivity contribution in [3.8, 4) is 5.75 Å². The van der Waals surface area contributed by atoms with Crippen LogP contribution in [0.3, 0.4) is 0 Å². The van der Waals surface area contributed by atoms with Gasteiger partial charge in [-0.15, -0.1) is 5.10 Å². The minimum atomic E-state index is -0.984. The molecule has 0 amide bonds. The molecule has 0 radical (unpaired) electrons. The number of benzene rings is 1. The number of aliphatic hydroxyl groups is 1. The average Bonchev–Trinajstić information content (AvgIpc) is 2.84. The van der Waals surface area contributed by atoms with Crippen molar-refractivity contribution in [1.82, 2.24) is 15.2 Å². The van der Waals surface area contributed by atoms with Crippen molar-refractivity contribution < 1.29 is 19.4 Å². The second-order valence-corrected chi connectivity index (χ2v) is 8.74. The van der Waals surface area contributed by atoms with Crippen LogP contribution in [0, 0.1) is 6.92 Å². The molecule has 0 spiro atoms. The Morgan fingerprint density at radius 3 is 2.23 bits per heavy atom. The maximum absolute atomic E-state index is 12.9. The van der Waals surface area contributed by atoms with E-state index in [-0.39, 0.29) is 23.7 Å². The fraction of sp³-hybridized carbons (Fsp3) is 0.296. The van der Waals surface area contributed by atoms with Crippen LogP contribution in [-0.2, 0) is 9.59 Å². The van der Waals surface area contributed by atoms with Crippen LogP contribution in [0.2, 0.25) is 0 Å². The molecule has 2 heterocycles. The zero-order valence-corrected chi connectivity index (χ0v) is 20.5. The number of nitrogens with zero attached hydrogens (tertiary/aromatic N) is 3. The number of ketones is 1. The molecule has 35 heavy (non-hydrogen) atoms. The van der Waals surface area contributed by atoms with Gasteiger partial charge < -0.3 is 15.2 Å². The van der Waals surface area contributed by atoms with E-state index in [4.69, 9.17) is 4.74 Å². The number of hydrogen-bond acceptors (Lipinski definition) is 8. The molecule has 1 aromatic carbocycles. The first-order chi connectivity index (χ1) is 16.7. The Hall–Kier alpha value is -4.07. The summed E-state index contributed by atoms with van der Waals surface area (Å²) in [6, 6.07) is 13.1. The Morgan fingerprint density at radius 1 is 1.00 bits per heavy atom. The number of carbonyl (C=O) groups is 2. The van der Waals surface area contributed by atoms with Gasteiger partial charge in [0.2, 0.25) is 5.78 Å². The van der Waals surface area contributed by atoms with Gasteiger partial charge in [0.25, 0.3) is 0 Å². The molecule has 0 aliphatic carbocycles. The third-order valence-electron chi connectivity index (χ3n) is 5.28. The predicted molar refractivity (Wildman–Crippen MR) is 134 cm³/mol. The van der Waals surface area contributed by atoms with Crippen molar-refractivity contribution in [2.24, 2.45) is 0 Å². The lowest BCUT2D eigenvalue weighted by Gasteiger charge is -2.22. The van der Waals surface area contributed by atoms with Crippen molar-refractivity contribution >= 4 is 23.6 Å². The van der Waals surface area contributed by atoms with Gasteiger partial charge in [0.1, 0.15) is 23.4 Å². The van der Waals surface area contributed by atoms with Gasteiger partial charge in [-0.3, -0.25) is 14.6 Å². The number of aromatic nitrogens is 3. The summed E-state index contributed by atoms with van der Waals surface area (Å²) in [6.07, 6.45) is 1.67. The van der Waals surface area contributed by atoms with E-state index >= 15 is 0 Å². The molecule has 1 atom stereocenters. The van der Waals surface area contributed by atoms with Gasteiger partial charge in [-0.25, -0.2) is 0 Å². The number of Topliss-reactive ketones (excluding diaryl/α,β-unsaturated/α-hetero) is 1. The molecule has 3 aromatic rings. The van der Waals surface area contributed by atoms with E-state index in [1.807, 2.05) is 26.0 Å². The fourth-order valence-electron chi connectivity index (χ4n) is 3.46. The molecular formula is C27H30N4O4. The van der Waals surface area contributed by atoms with Crippen LogP contribution < -0.4 is 10.1 Å². The van der Waals surface area contributed by atoms with Gasteiger partial charge in [-0.2, -0.15) is 5.10 Å². The second kappa shape index (κ2) is 11.4. The average molecular weight is 475 g/mol. The van der Waals surface area contributed by atoms with Crippen LogP contribution >= 0.6 is 0 Å². The third kappa shape index (κ3) is 6.50. The van der Waals surface area contributed by atoms with E-state index in [9.17, 15) is 14.7 Å². The SMILES string of the molecule is Cc1ccc(NC(C(C(=O)C=O)=C(O)c2ccc(C(C)C)cc2)c2ccc(OC(C)C)cn2)nn1. The first-order valence-corrected chi connectivity index (χ1v) is 11.4. The summed E-state index contributed by atoms with van der Waals surface area (Å²) in [5.74, 6) is 0.00979. The highest BCUT2D eigenvalue weighted by Gasteiger charge is 2.29. The van der Waals surface area contributed by atoms with Gasteiger partial charge in [-0.05, 0) is 56.5 Å². The summed E-state index contributed by atoms with van der Waals surface area (Å²) in [5.41, 5.74) is 2.44. The lowest BCUT2D eigenvalue weighted by molar-refractivity contribution is -0.127. The zero-order valence-electron chi connectivity index (χ0n) is 20.5. The lowest BCUT2D eigenvalue weighted by atomic mass is 9.94. The number of hydrogen-bond donors (Lipinski definition) is 2. The number of carbonyl (C=O) groups excluding carboxylic acids is 2. The van der Waals surface area contributed by atoms with Crippen LogP contribution in [-0.4, -0.2) is 38.5 Å². The van der Waals surface area contributed by atoms with E-state index in [1.165, 1.54) is 6.20 Å². The standard InChI is InChI=1S/C27H30N4O4/c1-16(2)19-7-9-20(10-8-19)27(34)25(23(33)15-32)26(29-24-13-6-18(5)30-31-24)22-12-11-21(14-28-22)35-17(3)4/h6-17,26,34H,1-5H3,(H,29,31). The molecule has 0 saturated heterocycles. The van der Waals surface area contributed by atoms with Crippen LogP contribution in [0.25, 0.3) is 5.76 Å². The molecule has 182 valence electrons. The minimum Gasteiger partial charge on any atom is -0.507 e. The van der Waals surface area contributed by atoms with Crippen molar-refractivity contribution in [3.05, 3.63) is 82.8 Å². The minimum absolute atomic E-state index is 0.0376. The van der Waals surface area contributed by atoms with Gasteiger partial charge in [0.15, 0.2) is 6.29 Å². The summed E-state index contributed by atoms with van der Waals surface area (Å²) in [7, 11) is 0. The maximum Gasteiger partial charge on any atom is 0.227 e. The molecule has 0 saturated carbocycles. The van der Waals surface area contributed by atoms with Crippen molar-refractivity contribution in [2.45, 2.75) is 52.7 Å². The monoisotopic (exact) mass is 474 g/mol. The molecule has 0 fully saturated rings. The summed E-state index contributed by atoms with van der Waals surface area (Å²) in [4.78, 5) is 28.9. The van der Waals surface area contributed by atoms with Crippen LogP contribution in [0.5, 0.6) is 5.75 Å². The molecular weight excluding hydrogens is 444 g/mol. The molecule has 0 bridgehead atoms. The van der Waals surface area contributed by atoms with Crippen LogP contribution in [0.15, 0.2) is 60.3 Å². The van der Waals surface area contributed by atoms with E-state index in [0.29, 0.717) is 34.4 Å². The first kappa shape index (κ1) is 25.6. The van der Waals surface area contributed by atoms with E-state index in [2.05, 4.69) is 34.3 Å². The van der Waals surface area contributed by atoms with Gasteiger partial charge >= 0.3 is 0 Å². The molecule has 3 rings (SSSR count). The highest BCUT2D eigenvalue weighted by atomic mass is 16.5. The number of aryl methyl sites for hydroxylation is 1. The topological polar surface area (TPSA) is 114 Å². The summed E-state index contributed by atoms with van der Waals surface area (Å²) < 4.78 is 5.67. The maximum atomic E-state index is 12.9. The quantitative estimate of drug-likeness (QED) is 0.183. The Bertz CT molecular complexity index is 1190. The molecule has 0 aliphatic rings. The zero-order chi connectivity index (χ0) is 25.5. The Balaban J connectivity index is 2.13. The predicted octanol–water partition coefficient (Wildman–Crippen LogP) is 4.98. The molecule has 1 unspecified atom stereocenters. The van der Waals surface area contributed by atoms with Crippen molar-refractivity contribution in [1.29, 1.82) is 0 Å². The van der Waals surface area contributed by atoms with E-state index < -0.39 is 11.8 Å². The largest absolute Gasteiger partial charge is 0.507 e. The van der Waals surface area contributed by atoms with Gasteiger partial charge in [0, 0.05) is 5.56 Å². The molecule has 8 nitrogen and oxygen atoms in total. The highest BCUT2D eigenvalue weighted by Crippen LogP contribution is 2.31. The first-order valence-electron chi connectivity index (χ1n) is 11.4. The fourth-order valence-corrected chi connectivity index (χ4v) is 3.46. The lowest BCUT2D eigenvalue weighted by Crippen LogP contribution is -2.23. The number of pyridine rings is 1. The second-order valence-electron chi connectivity index (χ2n) is 8.74. The van der Waals surface area contributed by atoms with Crippen LogP contribution in [0.1, 0.15) is 62.2 Å². The Kier molecular flexibility index (Phi) is 8.30. The summed E-state index contributed by atoms with van der Waals surface area (Å²) >= 11 is 0. The van der Waals surface area contributed by atoms with E-state index in [0.717, 1.165) is 5.56 Å². The Labute approximate surface area is 205 Å². The molecule has 8 heteroatoms. The summed E-state index contributed by atoms with van der Waals surface area (Å²) in [6.45, 7) is 9.73. The van der Waals surface area contributed by atoms with Crippen LogP contribution in [0.4, 0.5) is 5.82 Å². The summed E-state index contributed by atoms with van der Waals surface area (Å²) in [5, 5.41) is 22.5. The third-order valence-corrected chi connectivity index (χ3v) is 5.28. The molecule has 0 aliphatic heterocycles. The number of aldehydes is 1. The number of aliphatic hydroxyl groups excluding tert-OH is 1. The molecule has 2 N–H and O–H groups in total.